The number of hydrogen-bond acceptors (Lipinski definition) is 5. The summed E-state index contributed by atoms with van der Waals surface area (Å²) >= 11 is 0. The zero-order chi connectivity index (χ0) is 12.3. The standard InChI is InChI=1S/C8H13N3O4S/c1-16(14,15)11-3-2-6(5-11)8(13)10-4-7(9)12/h2-3,5,7,12H,4,9H2,1H3,(H,10,13). The number of nitrogens with zero attached hydrogens (tertiary/aromatic N) is 1. The molecule has 7 nitrogen and oxygen atoms in total. The molecule has 0 spiro atoms. The van der Waals surface area contributed by atoms with Gasteiger partial charge >= 0.3 is 0 Å². The van der Waals surface area contributed by atoms with Gasteiger partial charge < -0.3 is 16.2 Å². The van der Waals surface area contributed by atoms with Crippen LogP contribution in [0.5, 0.6) is 0 Å². The lowest BCUT2D eigenvalue weighted by atomic mass is 10.3. The number of amides is 1. The second kappa shape index (κ2) is 4.64. The van der Waals surface area contributed by atoms with Gasteiger partial charge in [-0.3, -0.25) is 8.77 Å². The molecule has 0 aliphatic rings. The van der Waals surface area contributed by atoms with E-state index >= 15 is 0 Å². The first kappa shape index (κ1) is 12.7. The highest BCUT2D eigenvalue weighted by atomic mass is 32.2. The van der Waals surface area contributed by atoms with Gasteiger partial charge in [-0.1, -0.05) is 0 Å². The van der Waals surface area contributed by atoms with Gasteiger partial charge in [0.25, 0.3) is 5.91 Å². The molecule has 0 fully saturated rings. The Morgan fingerprint density at radius 3 is 2.75 bits per heavy atom. The maximum absolute atomic E-state index is 11.4. The first-order valence-corrected chi connectivity index (χ1v) is 6.26. The number of aliphatic hydroxyl groups is 1. The van der Waals surface area contributed by atoms with E-state index < -0.39 is 22.2 Å². The van der Waals surface area contributed by atoms with E-state index in [0.29, 0.717) is 0 Å². The molecule has 1 atom stereocenters. The fourth-order valence-corrected chi connectivity index (χ4v) is 1.60. The Morgan fingerprint density at radius 2 is 2.31 bits per heavy atom. The molecule has 1 amide bonds. The quantitative estimate of drug-likeness (QED) is 0.549. The number of rotatable bonds is 4. The zero-order valence-electron chi connectivity index (χ0n) is 8.62. The monoisotopic (exact) mass is 247 g/mol. The molecule has 90 valence electrons. The van der Waals surface area contributed by atoms with E-state index in [-0.39, 0.29) is 12.1 Å². The smallest absolute Gasteiger partial charge is 0.253 e. The number of nitrogens with two attached hydrogens (primary N) is 1. The molecule has 1 rings (SSSR count). The first-order chi connectivity index (χ1) is 7.30. The van der Waals surface area contributed by atoms with Gasteiger partial charge in [-0.15, -0.1) is 0 Å². The Bertz CT molecular complexity index is 477. The van der Waals surface area contributed by atoms with Crippen LogP contribution >= 0.6 is 0 Å². The average Bonchev–Trinajstić information content (AvgIpc) is 2.61. The van der Waals surface area contributed by atoms with E-state index in [1.807, 2.05) is 0 Å². The van der Waals surface area contributed by atoms with Crippen molar-refractivity contribution in [2.24, 2.45) is 5.73 Å². The van der Waals surface area contributed by atoms with Crippen molar-refractivity contribution in [1.82, 2.24) is 9.29 Å². The maximum Gasteiger partial charge on any atom is 0.253 e. The second-order valence-corrected chi connectivity index (χ2v) is 5.16. The number of aliphatic hydroxyl groups excluding tert-OH is 1. The van der Waals surface area contributed by atoms with E-state index in [1.54, 1.807) is 0 Å². The molecule has 4 N–H and O–H groups in total. The van der Waals surface area contributed by atoms with E-state index in [4.69, 9.17) is 10.8 Å². The highest BCUT2D eigenvalue weighted by molar-refractivity contribution is 7.89. The molecule has 1 unspecified atom stereocenters. The number of carbonyl (C=O) groups is 1. The van der Waals surface area contributed by atoms with Crippen LogP contribution in [0.15, 0.2) is 18.5 Å². The first-order valence-electron chi connectivity index (χ1n) is 4.41. The summed E-state index contributed by atoms with van der Waals surface area (Å²) in [6.45, 7) is -0.0944. The highest BCUT2D eigenvalue weighted by Gasteiger charge is 2.11. The highest BCUT2D eigenvalue weighted by Crippen LogP contribution is 2.03. The van der Waals surface area contributed by atoms with Crippen molar-refractivity contribution in [3.8, 4) is 0 Å². The van der Waals surface area contributed by atoms with E-state index in [9.17, 15) is 13.2 Å². The van der Waals surface area contributed by atoms with Crippen molar-refractivity contribution in [3.63, 3.8) is 0 Å². The summed E-state index contributed by atoms with van der Waals surface area (Å²) in [5, 5.41) is 11.1. The summed E-state index contributed by atoms with van der Waals surface area (Å²) in [5.74, 6) is -0.494. The minimum absolute atomic E-state index is 0.0944. The maximum atomic E-state index is 11.4. The lowest BCUT2D eigenvalue weighted by Gasteiger charge is -2.05. The Kier molecular flexibility index (Phi) is 3.68. The van der Waals surface area contributed by atoms with Crippen molar-refractivity contribution in [2.45, 2.75) is 6.23 Å². The summed E-state index contributed by atoms with van der Waals surface area (Å²) in [6.07, 6.45) is 2.34. The van der Waals surface area contributed by atoms with Crippen LogP contribution in [0.2, 0.25) is 0 Å². The molecular weight excluding hydrogens is 234 g/mol. The van der Waals surface area contributed by atoms with E-state index in [2.05, 4.69) is 5.32 Å². The molecule has 1 aromatic heterocycles. The molecule has 0 aliphatic carbocycles. The molecule has 0 saturated heterocycles. The van der Waals surface area contributed by atoms with Crippen LogP contribution < -0.4 is 11.1 Å². The van der Waals surface area contributed by atoms with Gasteiger partial charge in [0, 0.05) is 12.4 Å². The van der Waals surface area contributed by atoms with Gasteiger partial charge in [-0.25, -0.2) is 8.42 Å². The summed E-state index contributed by atoms with van der Waals surface area (Å²) in [7, 11) is -3.38. The van der Waals surface area contributed by atoms with E-state index in [0.717, 1.165) is 10.2 Å². The summed E-state index contributed by atoms with van der Waals surface area (Å²) in [4.78, 5) is 11.4. The van der Waals surface area contributed by atoms with Gasteiger partial charge in [0.2, 0.25) is 10.0 Å². The summed E-state index contributed by atoms with van der Waals surface area (Å²) in [5.41, 5.74) is 5.22. The van der Waals surface area contributed by atoms with Crippen LogP contribution in [0.3, 0.4) is 0 Å². The van der Waals surface area contributed by atoms with Crippen LogP contribution in [-0.2, 0) is 10.0 Å². The molecule has 0 aromatic carbocycles. The SMILES string of the molecule is CS(=O)(=O)n1ccc(C(=O)NCC(N)O)c1. The molecule has 0 bridgehead atoms. The Hall–Kier alpha value is -1.38. The summed E-state index contributed by atoms with van der Waals surface area (Å²) in [6, 6.07) is 1.36. The van der Waals surface area contributed by atoms with Crippen molar-refractivity contribution in [1.29, 1.82) is 0 Å². The van der Waals surface area contributed by atoms with Crippen LogP contribution in [-0.4, -0.2) is 42.4 Å². The molecular formula is C8H13N3O4S. The van der Waals surface area contributed by atoms with Crippen LogP contribution in [0, 0.1) is 0 Å². The van der Waals surface area contributed by atoms with Gasteiger partial charge in [0.1, 0.15) is 6.23 Å². The average molecular weight is 247 g/mol. The van der Waals surface area contributed by atoms with Crippen molar-refractivity contribution >= 4 is 15.9 Å². The van der Waals surface area contributed by atoms with Gasteiger partial charge in [-0.2, -0.15) is 0 Å². The van der Waals surface area contributed by atoms with Crippen LogP contribution in [0.1, 0.15) is 10.4 Å². The third-order valence-corrected chi connectivity index (χ3v) is 2.78. The molecule has 1 aromatic rings. The number of hydrogen-bond donors (Lipinski definition) is 3. The van der Waals surface area contributed by atoms with Crippen molar-refractivity contribution in [2.75, 3.05) is 12.8 Å². The lowest BCUT2D eigenvalue weighted by Crippen LogP contribution is -2.36. The molecule has 1 heterocycles. The van der Waals surface area contributed by atoms with Crippen molar-refractivity contribution < 1.29 is 18.3 Å². The van der Waals surface area contributed by atoms with Crippen molar-refractivity contribution in [3.05, 3.63) is 24.0 Å². The minimum atomic E-state index is -3.38. The number of nitrogens with one attached hydrogen (secondary N) is 1. The normalized spacial score (nSPS) is 13.4. The van der Waals surface area contributed by atoms with E-state index in [1.165, 1.54) is 18.5 Å². The number of aromatic nitrogens is 1. The predicted molar refractivity (Wildman–Crippen MR) is 57.2 cm³/mol. The molecule has 0 saturated carbocycles. The molecule has 0 radical (unpaired) electrons. The molecule has 16 heavy (non-hydrogen) atoms. The predicted octanol–water partition coefficient (Wildman–Crippen LogP) is -1.70. The van der Waals surface area contributed by atoms with Crippen LogP contribution in [0.4, 0.5) is 0 Å². The molecule has 0 aliphatic heterocycles. The topological polar surface area (TPSA) is 114 Å². The lowest BCUT2D eigenvalue weighted by molar-refractivity contribution is 0.0919. The molecule has 8 heteroatoms. The second-order valence-electron chi connectivity index (χ2n) is 3.27. The summed E-state index contributed by atoms with van der Waals surface area (Å²) < 4.78 is 23.1. The Morgan fingerprint density at radius 1 is 1.69 bits per heavy atom. The number of carbonyl (C=O) groups excluding carboxylic acids is 1. The Labute approximate surface area is 92.9 Å². The third kappa shape index (κ3) is 3.33. The van der Waals surface area contributed by atoms with Gasteiger partial charge in [-0.05, 0) is 6.07 Å². The Balaban J connectivity index is 2.75. The third-order valence-electron chi connectivity index (χ3n) is 1.78. The minimum Gasteiger partial charge on any atom is -0.377 e. The largest absolute Gasteiger partial charge is 0.377 e. The fraction of sp³-hybridized carbons (Fsp3) is 0.375. The fourth-order valence-electron chi connectivity index (χ4n) is 1.02. The van der Waals surface area contributed by atoms with Gasteiger partial charge in [0.05, 0.1) is 18.4 Å². The van der Waals surface area contributed by atoms with Gasteiger partial charge in [0.15, 0.2) is 0 Å². The zero-order valence-corrected chi connectivity index (χ0v) is 9.44. The van der Waals surface area contributed by atoms with Crippen LogP contribution in [0.25, 0.3) is 0 Å².